The Bertz CT molecular complexity index is 3390. The van der Waals surface area contributed by atoms with Gasteiger partial charge in [0.25, 0.3) is 0 Å². The normalized spacial score (nSPS) is 14.5. The molecule has 12 rings (SSSR count). The molecule has 1 unspecified atom stereocenters. The summed E-state index contributed by atoms with van der Waals surface area (Å²) in [6.45, 7) is 0. The summed E-state index contributed by atoms with van der Waals surface area (Å²) in [5.74, 6) is 1.44. The van der Waals surface area contributed by atoms with E-state index in [-0.39, 0.29) is 6.17 Å². The van der Waals surface area contributed by atoms with Crippen LogP contribution in [0.5, 0.6) is 0 Å². The minimum atomic E-state index is -0.299. The van der Waals surface area contributed by atoms with E-state index >= 15 is 0 Å². The van der Waals surface area contributed by atoms with Gasteiger partial charge in [-0.1, -0.05) is 133 Å². The van der Waals surface area contributed by atoms with Crippen LogP contribution >= 0.6 is 0 Å². The largest absolute Gasteiger partial charge is 0.456 e. The number of fused-ring (bicyclic) bond motifs is 9. The Labute approximate surface area is 326 Å². The second-order valence-electron chi connectivity index (χ2n) is 14.6. The lowest BCUT2D eigenvalue weighted by molar-refractivity contribution is 0.668. The number of aliphatic imine (C=N–C) groups is 2. The molecule has 0 bridgehead atoms. The number of hydrogen-bond donors (Lipinski definition) is 1. The van der Waals surface area contributed by atoms with Crippen LogP contribution < -0.4 is 5.32 Å². The van der Waals surface area contributed by atoms with Crippen molar-refractivity contribution in [2.75, 3.05) is 0 Å². The van der Waals surface area contributed by atoms with Crippen molar-refractivity contribution >= 4 is 77.4 Å². The van der Waals surface area contributed by atoms with Gasteiger partial charge in [0, 0.05) is 60.8 Å². The van der Waals surface area contributed by atoms with Crippen LogP contribution in [0.2, 0.25) is 0 Å². The molecule has 0 spiro atoms. The number of nitrogens with one attached hydrogen (secondary N) is 1. The first-order valence-electron chi connectivity index (χ1n) is 19.2. The molecule has 0 saturated heterocycles. The highest BCUT2D eigenvalue weighted by Gasteiger charge is 2.24. The van der Waals surface area contributed by atoms with Gasteiger partial charge in [-0.25, -0.2) is 9.98 Å². The molecular formula is C51H32N4O2. The van der Waals surface area contributed by atoms with Crippen LogP contribution in [0.15, 0.2) is 201 Å². The van der Waals surface area contributed by atoms with Crippen molar-refractivity contribution < 1.29 is 8.83 Å². The van der Waals surface area contributed by atoms with Gasteiger partial charge in [-0.05, 0) is 53.6 Å². The molecule has 1 aliphatic heterocycles. The number of furan rings is 2. The SMILES string of the molecule is c1ccc(C2=NC(c3cccc4oc5c(-c6ccc7oc8cc(-n9c%10ccccc%10c%10ccccc%109)ccc8c7c6)cccc5c34)=NC(c3ccccc3)N2)cc1. The smallest absolute Gasteiger partial charge is 0.160 e. The Kier molecular flexibility index (Phi) is 6.89. The first-order chi connectivity index (χ1) is 28.2. The van der Waals surface area contributed by atoms with Crippen LogP contribution in [0.3, 0.4) is 0 Å². The molecule has 3 aromatic heterocycles. The van der Waals surface area contributed by atoms with Crippen molar-refractivity contribution in [2.45, 2.75) is 6.17 Å². The van der Waals surface area contributed by atoms with E-state index in [1.807, 2.05) is 48.5 Å². The number of hydrogen-bond acceptors (Lipinski definition) is 5. The van der Waals surface area contributed by atoms with E-state index in [1.165, 1.54) is 21.8 Å². The first-order valence-corrected chi connectivity index (χ1v) is 19.2. The van der Waals surface area contributed by atoms with Crippen LogP contribution in [-0.4, -0.2) is 16.2 Å². The van der Waals surface area contributed by atoms with Crippen LogP contribution in [0.4, 0.5) is 0 Å². The van der Waals surface area contributed by atoms with E-state index in [0.29, 0.717) is 5.84 Å². The van der Waals surface area contributed by atoms with Crippen molar-refractivity contribution in [1.82, 2.24) is 9.88 Å². The molecule has 1 N–H and O–H groups in total. The lowest BCUT2D eigenvalue weighted by Gasteiger charge is -2.23. The quantitative estimate of drug-likeness (QED) is 0.192. The van der Waals surface area contributed by atoms with Crippen molar-refractivity contribution in [2.24, 2.45) is 9.98 Å². The Morgan fingerprint density at radius 3 is 1.98 bits per heavy atom. The lowest BCUT2D eigenvalue weighted by Crippen LogP contribution is -2.33. The van der Waals surface area contributed by atoms with Crippen molar-refractivity contribution in [3.63, 3.8) is 0 Å². The third kappa shape index (κ3) is 4.97. The molecule has 1 atom stereocenters. The summed E-state index contributed by atoms with van der Waals surface area (Å²) in [5.41, 5.74) is 11.8. The molecule has 268 valence electrons. The van der Waals surface area contributed by atoms with E-state index in [0.717, 1.165) is 83.2 Å². The molecular weight excluding hydrogens is 701 g/mol. The van der Waals surface area contributed by atoms with Gasteiger partial charge in [-0.3, -0.25) is 0 Å². The Hall–Kier alpha value is -7.70. The summed E-state index contributed by atoms with van der Waals surface area (Å²) in [6, 6.07) is 63.2. The van der Waals surface area contributed by atoms with Gasteiger partial charge in [-0.2, -0.15) is 0 Å². The zero-order valence-corrected chi connectivity index (χ0v) is 30.6. The molecule has 6 nitrogen and oxygen atoms in total. The predicted octanol–water partition coefficient (Wildman–Crippen LogP) is 12.7. The number of amidine groups is 2. The number of para-hydroxylation sites is 3. The molecule has 0 radical (unpaired) electrons. The maximum absolute atomic E-state index is 6.76. The molecule has 1 aliphatic rings. The molecule has 57 heavy (non-hydrogen) atoms. The van der Waals surface area contributed by atoms with Crippen LogP contribution in [0.25, 0.3) is 82.5 Å². The number of aromatic nitrogens is 1. The highest BCUT2D eigenvalue weighted by molar-refractivity contribution is 6.23. The van der Waals surface area contributed by atoms with Gasteiger partial charge >= 0.3 is 0 Å². The fourth-order valence-corrected chi connectivity index (χ4v) is 8.65. The van der Waals surface area contributed by atoms with E-state index in [9.17, 15) is 0 Å². The summed E-state index contributed by atoms with van der Waals surface area (Å²) < 4.78 is 15.6. The van der Waals surface area contributed by atoms with E-state index in [4.69, 9.17) is 18.8 Å². The van der Waals surface area contributed by atoms with E-state index in [1.54, 1.807) is 0 Å². The molecule has 11 aromatic rings. The molecule has 8 aromatic carbocycles. The molecule has 0 aliphatic carbocycles. The zero-order valence-electron chi connectivity index (χ0n) is 30.6. The van der Waals surface area contributed by atoms with Gasteiger partial charge in [0.05, 0.1) is 11.0 Å². The average Bonchev–Trinajstić information content (AvgIpc) is 3.96. The number of benzene rings is 8. The maximum atomic E-state index is 6.76. The maximum Gasteiger partial charge on any atom is 0.160 e. The van der Waals surface area contributed by atoms with Crippen molar-refractivity contribution in [3.05, 3.63) is 199 Å². The van der Waals surface area contributed by atoms with Crippen molar-refractivity contribution in [3.8, 4) is 16.8 Å². The molecule has 4 heterocycles. The Balaban J connectivity index is 0.985. The first kappa shape index (κ1) is 31.6. The van der Waals surface area contributed by atoms with Gasteiger partial charge in [0.15, 0.2) is 5.84 Å². The van der Waals surface area contributed by atoms with Crippen LogP contribution in [0.1, 0.15) is 22.9 Å². The number of nitrogens with zero attached hydrogens (tertiary/aromatic N) is 3. The van der Waals surface area contributed by atoms with Gasteiger partial charge in [0.1, 0.15) is 34.3 Å². The minimum absolute atomic E-state index is 0.299. The van der Waals surface area contributed by atoms with E-state index < -0.39 is 0 Å². The topological polar surface area (TPSA) is 68.0 Å². The zero-order chi connectivity index (χ0) is 37.5. The summed E-state index contributed by atoms with van der Waals surface area (Å²) in [6.07, 6.45) is -0.299. The lowest BCUT2D eigenvalue weighted by atomic mass is 9.98. The average molecular weight is 733 g/mol. The second kappa shape index (κ2) is 12.4. The molecule has 0 saturated carbocycles. The molecule has 0 amide bonds. The number of rotatable bonds is 5. The van der Waals surface area contributed by atoms with Crippen molar-refractivity contribution in [1.29, 1.82) is 0 Å². The van der Waals surface area contributed by atoms with Gasteiger partial charge in [0.2, 0.25) is 0 Å². The standard InChI is InChI=1S/C51H32N4O2/c1-3-13-31(14-4-1)49-52-50(32-15-5-2-6-16-32)54-51(53-49)40-21-12-24-45-47(40)39-20-11-19-35(48(39)57-45)33-25-28-44-41(29-33)38-27-26-34(30-46(38)56-44)55-42-22-9-7-17-36(42)37-18-8-10-23-43(37)55/h1-30,49H,(H,52,53,54). The Morgan fingerprint density at radius 2 is 1.18 bits per heavy atom. The minimum Gasteiger partial charge on any atom is -0.456 e. The Morgan fingerprint density at radius 1 is 0.474 bits per heavy atom. The monoisotopic (exact) mass is 732 g/mol. The highest BCUT2D eigenvalue weighted by Crippen LogP contribution is 2.41. The summed E-state index contributed by atoms with van der Waals surface area (Å²) in [4.78, 5) is 10.3. The van der Waals surface area contributed by atoms with Crippen LogP contribution in [-0.2, 0) is 0 Å². The summed E-state index contributed by atoms with van der Waals surface area (Å²) in [7, 11) is 0. The molecule has 0 fully saturated rings. The third-order valence-electron chi connectivity index (χ3n) is 11.3. The predicted molar refractivity (Wildman–Crippen MR) is 233 cm³/mol. The third-order valence-corrected chi connectivity index (χ3v) is 11.3. The fraction of sp³-hybridized carbons (Fsp3) is 0.0196. The van der Waals surface area contributed by atoms with E-state index in [2.05, 4.69) is 143 Å². The highest BCUT2D eigenvalue weighted by atomic mass is 16.3. The molecule has 6 heteroatoms. The van der Waals surface area contributed by atoms with Gasteiger partial charge in [-0.15, -0.1) is 0 Å². The second-order valence-corrected chi connectivity index (χ2v) is 14.6. The summed E-state index contributed by atoms with van der Waals surface area (Å²) >= 11 is 0. The van der Waals surface area contributed by atoms with Gasteiger partial charge < -0.3 is 18.7 Å². The summed E-state index contributed by atoms with van der Waals surface area (Å²) in [5, 5.41) is 10.2. The fourth-order valence-electron chi connectivity index (χ4n) is 8.65. The van der Waals surface area contributed by atoms with Crippen LogP contribution in [0, 0.1) is 0 Å².